The van der Waals surface area contributed by atoms with E-state index in [-0.39, 0.29) is 6.42 Å². The molecule has 0 aliphatic carbocycles. The van der Waals surface area contributed by atoms with Gasteiger partial charge in [0.15, 0.2) is 0 Å². The van der Waals surface area contributed by atoms with Crippen LogP contribution in [-0.4, -0.2) is 30.9 Å². The Hall–Kier alpha value is -3.64. The Bertz CT molecular complexity index is 1090. The smallest absolute Gasteiger partial charge is 0.328 e. The van der Waals surface area contributed by atoms with Gasteiger partial charge in [0.25, 0.3) is 5.91 Å². The van der Waals surface area contributed by atoms with Crippen LogP contribution in [0.1, 0.15) is 33.9 Å². The van der Waals surface area contributed by atoms with Crippen molar-refractivity contribution in [1.82, 2.24) is 10.6 Å². The number of hydrogen-bond acceptors (Lipinski definition) is 4. The predicted molar refractivity (Wildman–Crippen MR) is 127 cm³/mol. The van der Waals surface area contributed by atoms with E-state index in [1.165, 1.54) is 7.11 Å². The zero-order valence-corrected chi connectivity index (χ0v) is 18.9. The van der Waals surface area contributed by atoms with Gasteiger partial charge in [-0.05, 0) is 23.3 Å². The van der Waals surface area contributed by atoms with E-state index in [1.807, 2.05) is 60.7 Å². The van der Waals surface area contributed by atoms with Crippen molar-refractivity contribution in [3.63, 3.8) is 0 Å². The van der Waals surface area contributed by atoms with Crippen molar-refractivity contribution in [3.05, 3.63) is 107 Å². The van der Waals surface area contributed by atoms with E-state index in [9.17, 15) is 14.4 Å². The highest BCUT2D eigenvalue weighted by molar-refractivity contribution is 6.33. The first-order chi connectivity index (χ1) is 16.0. The largest absolute Gasteiger partial charge is 0.467 e. The first-order valence-corrected chi connectivity index (χ1v) is 10.9. The summed E-state index contributed by atoms with van der Waals surface area (Å²) in [4.78, 5) is 38.1. The minimum absolute atomic E-state index is 0.0670. The van der Waals surface area contributed by atoms with E-state index in [0.29, 0.717) is 17.0 Å². The summed E-state index contributed by atoms with van der Waals surface area (Å²) in [6.45, 7) is 0. The van der Waals surface area contributed by atoms with Gasteiger partial charge in [0, 0.05) is 6.42 Å². The fourth-order valence-corrected chi connectivity index (χ4v) is 3.66. The Morgan fingerprint density at radius 2 is 1.45 bits per heavy atom. The van der Waals surface area contributed by atoms with Crippen molar-refractivity contribution < 1.29 is 19.1 Å². The Morgan fingerprint density at radius 1 is 0.848 bits per heavy atom. The van der Waals surface area contributed by atoms with Gasteiger partial charge in [-0.1, -0.05) is 84.4 Å². The average molecular weight is 465 g/mol. The number of amides is 2. The SMILES string of the molecule is COC(=O)C(Cc1ccccc1)NC(=O)CC(NC(=O)c1ccccc1Cl)c1ccccc1. The Balaban J connectivity index is 1.75. The number of benzene rings is 3. The molecule has 0 aromatic heterocycles. The van der Waals surface area contributed by atoms with Crippen LogP contribution in [0.2, 0.25) is 5.02 Å². The van der Waals surface area contributed by atoms with E-state index >= 15 is 0 Å². The molecule has 0 aliphatic rings. The summed E-state index contributed by atoms with van der Waals surface area (Å²) in [6.07, 6.45) is 0.226. The van der Waals surface area contributed by atoms with Gasteiger partial charge in [0.2, 0.25) is 5.91 Å². The standard InChI is InChI=1S/C26H25ClN2O4/c1-33-26(32)23(16-18-10-4-2-5-11-18)28-24(30)17-22(19-12-6-3-7-13-19)29-25(31)20-14-8-9-15-21(20)27/h2-15,22-23H,16-17H2,1H3,(H,28,30)(H,29,31). The third-order valence-electron chi connectivity index (χ3n) is 5.12. The number of methoxy groups -OCH3 is 1. The molecule has 2 N–H and O–H groups in total. The van der Waals surface area contributed by atoms with Gasteiger partial charge in [0.05, 0.1) is 30.2 Å². The molecular weight excluding hydrogens is 440 g/mol. The van der Waals surface area contributed by atoms with Crippen LogP contribution in [0, 0.1) is 0 Å². The lowest BCUT2D eigenvalue weighted by Crippen LogP contribution is -2.44. The number of halogens is 1. The average Bonchev–Trinajstić information content (AvgIpc) is 2.84. The molecule has 0 aliphatic heterocycles. The van der Waals surface area contributed by atoms with Crippen LogP contribution in [0.25, 0.3) is 0 Å². The first kappa shape index (κ1) is 24.0. The molecule has 0 bridgehead atoms. The van der Waals surface area contributed by atoms with Crippen LogP contribution in [0.15, 0.2) is 84.9 Å². The number of esters is 1. The number of rotatable bonds is 9. The van der Waals surface area contributed by atoms with Gasteiger partial charge in [-0.2, -0.15) is 0 Å². The van der Waals surface area contributed by atoms with Gasteiger partial charge in [-0.3, -0.25) is 9.59 Å². The predicted octanol–water partition coefficient (Wildman–Crippen LogP) is 4.10. The van der Waals surface area contributed by atoms with Crippen LogP contribution < -0.4 is 10.6 Å². The van der Waals surface area contributed by atoms with Crippen LogP contribution in [0.5, 0.6) is 0 Å². The Morgan fingerprint density at radius 3 is 2.09 bits per heavy atom. The van der Waals surface area contributed by atoms with E-state index in [4.69, 9.17) is 16.3 Å². The van der Waals surface area contributed by atoms with E-state index in [1.54, 1.807) is 24.3 Å². The highest BCUT2D eigenvalue weighted by atomic mass is 35.5. The molecule has 0 heterocycles. The number of ether oxygens (including phenoxy) is 1. The van der Waals surface area contributed by atoms with Gasteiger partial charge < -0.3 is 15.4 Å². The lowest BCUT2D eigenvalue weighted by atomic mass is 10.0. The molecule has 0 saturated carbocycles. The Labute approximate surface area is 197 Å². The van der Waals surface area contributed by atoms with Crippen molar-refractivity contribution in [2.45, 2.75) is 24.9 Å². The third kappa shape index (κ3) is 6.92. The van der Waals surface area contributed by atoms with Gasteiger partial charge >= 0.3 is 5.97 Å². The molecule has 7 heteroatoms. The molecule has 3 rings (SSSR count). The molecule has 2 atom stereocenters. The molecule has 33 heavy (non-hydrogen) atoms. The molecule has 0 saturated heterocycles. The quantitative estimate of drug-likeness (QED) is 0.467. The second-order valence-corrected chi connectivity index (χ2v) is 7.86. The fraction of sp³-hybridized carbons (Fsp3) is 0.192. The molecule has 2 unspecified atom stereocenters. The molecule has 3 aromatic rings. The van der Waals surface area contributed by atoms with Crippen LogP contribution >= 0.6 is 11.6 Å². The Kier molecular flexibility index (Phi) is 8.61. The topological polar surface area (TPSA) is 84.5 Å². The molecule has 6 nitrogen and oxygen atoms in total. The summed E-state index contributed by atoms with van der Waals surface area (Å²) in [7, 11) is 1.28. The summed E-state index contributed by atoms with van der Waals surface area (Å²) in [5.41, 5.74) is 1.96. The molecule has 2 amide bonds. The lowest BCUT2D eigenvalue weighted by Gasteiger charge is -2.22. The van der Waals surface area contributed by atoms with E-state index < -0.39 is 29.9 Å². The van der Waals surface area contributed by atoms with Crippen molar-refractivity contribution >= 4 is 29.4 Å². The van der Waals surface area contributed by atoms with Gasteiger partial charge in [0.1, 0.15) is 6.04 Å². The highest BCUT2D eigenvalue weighted by Crippen LogP contribution is 2.20. The minimum atomic E-state index is -0.847. The van der Waals surface area contributed by atoms with E-state index in [0.717, 1.165) is 11.1 Å². The minimum Gasteiger partial charge on any atom is -0.467 e. The highest BCUT2D eigenvalue weighted by Gasteiger charge is 2.25. The number of carbonyl (C=O) groups is 3. The monoisotopic (exact) mass is 464 g/mol. The fourth-order valence-electron chi connectivity index (χ4n) is 3.44. The molecule has 0 radical (unpaired) electrons. The summed E-state index contributed by atoms with van der Waals surface area (Å²) < 4.78 is 4.87. The van der Waals surface area contributed by atoms with Crippen LogP contribution in [0.3, 0.4) is 0 Å². The maximum absolute atomic E-state index is 12.9. The van der Waals surface area contributed by atoms with Crippen molar-refractivity contribution in [3.8, 4) is 0 Å². The second-order valence-electron chi connectivity index (χ2n) is 7.45. The summed E-state index contributed by atoms with van der Waals surface area (Å²) in [5, 5.41) is 5.96. The van der Waals surface area contributed by atoms with Gasteiger partial charge in [-0.15, -0.1) is 0 Å². The third-order valence-corrected chi connectivity index (χ3v) is 5.45. The normalized spacial score (nSPS) is 12.3. The maximum atomic E-state index is 12.9. The van der Waals surface area contributed by atoms with Crippen LogP contribution in [-0.2, 0) is 20.7 Å². The maximum Gasteiger partial charge on any atom is 0.328 e. The second kappa shape index (κ2) is 11.8. The van der Waals surface area contributed by atoms with Crippen molar-refractivity contribution in [2.24, 2.45) is 0 Å². The summed E-state index contributed by atoms with van der Waals surface area (Å²) in [6, 6.07) is 23.7. The molecular formula is C26H25ClN2O4. The molecule has 3 aromatic carbocycles. The lowest BCUT2D eigenvalue weighted by molar-refractivity contribution is -0.145. The van der Waals surface area contributed by atoms with E-state index in [2.05, 4.69) is 10.6 Å². The van der Waals surface area contributed by atoms with Crippen LogP contribution in [0.4, 0.5) is 0 Å². The summed E-state index contributed by atoms with van der Waals surface area (Å²) in [5.74, 6) is -1.32. The first-order valence-electron chi connectivity index (χ1n) is 10.5. The zero-order valence-electron chi connectivity index (χ0n) is 18.2. The number of hydrogen-bond donors (Lipinski definition) is 2. The van der Waals surface area contributed by atoms with Gasteiger partial charge in [-0.25, -0.2) is 4.79 Å². The molecule has 0 fully saturated rings. The zero-order chi connectivity index (χ0) is 23.6. The van der Waals surface area contributed by atoms with Crippen molar-refractivity contribution in [2.75, 3.05) is 7.11 Å². The molecule has 0 spiro atoms. The number of nitrogens with one attached hydrogen (secondary N) is 2. The van der Waals surface area contributed by atoms with Crippen molar-refractivity contribution in [1.29, 1.82) is 0 Å². The number of carbonyl (C=O) groups excluding carboxylic acids is 3. The molecule has 170 valence electrons. The summed E-state index contributed by atoms with van der Waals surface area (Å²) >= 11 is 6.16.